The molecular formula is C22H27FN4O. The van der Waals surface area contributed by atoms with Gasteiger partial charge in [0, 0.05) is 64.2 Å². The van der Waals surface area contributed by atoms with Gasteiger partial charge in [-0.05, 0) is 35.7 Å². The maximum atomic E-state index is 13.2. The van der Waals surface area contributed by atoms with Crippen molar-refractivity contribution in [3.8, 4) is 0 Å². The van der Waals surface area contributed by atoms with E-state index >= 15 is 0 Å². The average Bonchev–Trinajstić information content (AvgIpc) is 3.04. The van der Waals surface area contributed by atoms with E-state index in [0.29, 0.717) is 6.04 Å². The predicted octanol–water partition coefficient (Wildman–Crippen LogP) is 1.73. The molecule has 6 heteroatoms. The van der Waals surface area contributed by atoms with Gasteiger partial charge in [0.15, 0.2) is 0 Å². The number of aliphatic hydroxyl groups excluding tert-OH is 1. The summed E-state index contributed by atoms with van der Waals surface area (Å²) < 4.78 is 13.2. The molecule has 0 aliphatic carbocycles. The van der Waals surface area contributed by atoms with Gasteiger partial charge in [0.2, 0.25) is 0 Å². The highest BCUT2D eigenvalue weighted by Crippen LogP contribution is 2.39. The Morgan fingerprint density at radius 2 is 1.75 bits per heavy atom. The van der Waals surface area contributed by atoms with Crippen LogP contribution in [0.4, 0.5) is 4.39 Å². The number of aromatic nitrogens is 1. The quantitative estimate of drug-likeness (QED) is 0.872. The van der Waals surface area contributed by atoms with Crippen molar-refractivity contribution < 1.29 is 9.50 Å². The first kappa shape index (κ1) is 18.2. The van der Waals surface area contributed by atoms with Gasteiger partial charge in [-0.3, -0.25) is 19.7 Å². The number of likely N-dealkylation sites (tertiary alicyclic amines) is 1. The fourth-order valence-electron chi connectivity index (χ4n) is 5.41. The topological polar surface area (TPSA) is 42.8 Å². The van der Waals surface area contributed by atoms with Gasteiger partial charge >= 0.3 is 0 Å². The molecule has 3 aliphatic rings. The van der Waals surface area contributed by atoms with Crippen LogP contribution in [0.1, 0.15) is 17.5 Å². The highest BCUT2D eigenvalue weighted by molar-refractivity contribution is 5.19. The van der Waals surface area contributed by atoms with Gasteiger partial charge in [0.1, 0.15) is 5.82 Å². The molecule has 2 aromatic rings. The first-order valence-electron chi connectivity index (χ1n) is 10.1. The Labute approximate surface area is 165 Å². The van der Waals surface area contributed by atoms with Gasteiger partial charge < -0.3 is 5.11 Å². The molecule has 4 heterocycles. The molecule has 0 amide bonds. The van der Waals surface area contributed by atoms with E-state index in [-0.39, 0.29) is 17.5 Å². The third-order valence-electron chi connectivity index (χ3n) is 6.47. The highest BCUT2D eigenvalue weighted by atomic mass is 19.1. The third-order valence-corrected chi connectivity index (χ3v) is 6.47. The van der Waals surface area contributed by atoms with E-state index in [0.717, 1.165) is 57.8 Å². The number of rotatable bonds is 4. The SMILES string of the molecule is O[C@@H]1C[C@H]2CN(Cc3cccnc3)CC3(CN(Cc4ccc(F)cc4)C3)N2C1. The van der Waals surface area contributed by atoms with Crippen molar-refractivity contribution in [2.45, 2.75) is 37.2 Å². The van der Waals surface area contributed by atoms with E-state index in [4.69, 9.17) is 0 Å². The molecule has 148 valence electrons. The Hall–Kier alpha value is -1.86. The van der Waals surface area contributed by atoms with Crippen LogP contribution in [-0.2, 0) is 13.1 Å². The molecule has 1 aromatic carbocycles. The van der Waals surface area contributed by atoms with Crippen LogP contribution in [-0.4, -0.2) is 75.2 Å². The fraction of sp³-hybridized carbons (Fsp3) is 0.500. The van der Waals surface area contributed by atoms with Gasteiger partial charge in [-0.25, -0.2) is 4.39 Å². The second-order valence-corrected chi connectivity index (χ2v) is 8.72. The Bertz CT molecular complexity index is 809. The molecule has 1 spiro atoms. The van der Waals surface area contributed by atoms with Crippen molar-refractivity contribution in [2.24, 2.45) is 0 Å². The summed E-state index contributed by atoms with van der Waals surface area (Å²) in [5.74, 6) is -0.184. The number of halogens is 1. The number of hydrogen-bond acceptors (Lipinski definition) is 5. The summed E-state index contributed by atoms with van der Waals surface area (Å²) in [6.07, 6.45) is 4.41. The van der Waals surface area contributed by atoms with Gasteiger partial charge in [-0.2, -0.15) is 0 Å². The van der Waals surface area contributed by atoms with Crippen LogP contribution in [0.2, 0.25) is 0 Å². The third kappa shape index (κ3) is 3.46. The molecule has 5 rings (SSSR count). The average molecular weight is 382 g/mol. The van der Waals surface area contributed by atoms with Gasteiger partial charge in [-0.1, -0.05) is 18.2 Å². The molecule has 0 bridgehead atoms. The molecule has 0 radical (unpaired) electrons. The lowest BCUT2D eigenvalue weighted by Gasteiger charge is -2.61. The Kier molecular flexibility index (Phi) is 4.67. The standard InChI is InChI=1S/C22H27FN4O/c23-19-5-3-17(4-6-19)10-26-15-22(16-26)14-25(11-18-2-1-7-24-9-18)12-20-8-21(28)13-27(20)22/h1-7,9,20-21,28H,8,10-16H2/t20-,21+/m0/s1. The van der Waals surface area contributed by atoms with E-state index in [9.17, 15) is 9.50 Å². The van der Waals surface area contributed by atoms with Crippen molar-refractivity contribution in [2.75, 3.05) is 32.7 Å². The number of pyridine rings is 1. The van der Waals surface area contributed by atoms with Gasteiger partial charge in [0.05, 0.1) is 11.6 Å². The number of fused-ring (bicyclic) bond motifs is 2. The molecule has 0 unspecified atom stereocenters. The number of hydrogen-bond donors (Lipinski definition) is 1. The maximum absolute atomic E-state index is 13.2. The van der Waals surface area contributed by atoms with Crippen LogP contribution in [0.15, 0.2) is 48.8 Å². The largest absolute Gasteiger partial charge is 0.392 e. The summed E-state index contributed by atoms with van der Waals surface area (Å²) in [5, 5.41) is 10.3. The minimum Gasteiger partial charge on any atom is -0.392 e. The number of nitrogens with zero attached hydrogens (tertiary/aromatic N) is 4. The smallest absolute Gasteiger partial charge is 0.123 e. The zero-order valence-electron chi connectivity index (χ0n) is 16.0. The van der Waals surface area contributed by atoms with Crippen molar-refractivity contribution in [3.05, 3.63) is 65.7 Å². The van der Waals surface area contributed by atoms with E-state index in [1.165, 1.54) is 17.7 Å². The van der Waals surface area contributed by atoms with Crippen molar-refractivity contribution in [3.63, 3.8) is 0 Å². The first-order valence-corrected chi connectivity index (χ1v) is 10.1. The Morgan fingerprint density at radius 3 is 2.50 bits per heavy atom. The molecule has 3 aliphatic heterocycles. The monoisotopic (exact) mass is 382 g/mol. The van der Waals surface area contributed by atoms with Crippen LogP contribution in [0.5, 0.6) is 0 Å². The summed E-state index contributed by atoms with van der Waals surface area (Å²) in [7, 11) is 0. The molecule has 5 nitrogen and oxygen atoms in total. The van der Waals surface area contributed by atoms with Crippen LogP contribution < -0.4 is 0 Å². The van der Waals surface area contributed by atoms with Gasteiger partial charge in [-0.15, -0.1) is 0 Å². The van der Waals surface area contributed by atoms with Gasteiger partial charge in [0.25, 0.3) is 0 Å². The summed E-state index contributed by atoms with van der Waals surface area (Å²) in [6.45, 7) is 6.57. The predicted molar refractivity (Wildman–Crippen MR) is 105 cm³/mol. The summed E-state index contributed by atoms with van der Waals surface area (Å²) >= 11 is 0. The van der Waals surface area contributed by atoms with Crippen molar-refractivity contribution >= 4 is 0 Å². The molecule has 0 saturated carbocycles. The van der Waals surface area contributed by atoms with E-state index in [1.807, 2.05) is 30.6 Å². The molecule has 1 aromatic heterocycles. The molecule has 3 fully saturated rings. The van der Waals surface area contributed by atoms with Crippen molar-refractivity contribution in [1.29, 1.82) is 0 Å². The zero-order valence-corrected chi connectivity index (χ0v) is 16.0. The van der Waals surface area contributed by atoms with E-state index in [1.54, 1.807) is 0 Å². The highest BCUT2D eigenvalue weighted by Gasteiger charge is 2.55. The van der Waals surface area contributed by atoms with Crippen LogP contribution in [0.25, 0.3) is 0 Å². The molecule has 2 atom stereocenters. The lowest BCUT2D eigenvalue weighted by atomic mass is 9.83. The Morgan fingerprint density at radius 1 is 1.00 bits per heavy atom. The molecule has 1 N–H and O–H groups in total. The number of aliphatic hydroxyl groups is 1. The summed E-state index contributed by atoms with van der Waals surface area (Å²) in [6, 6.07) is 11.4. The second-order valence-electron chi connectivity index (χ2n) is 8.72. The van der Waals surface area contributed by atoms with E-state index in [2.05, 4.69) is 25.8 Å². The molecular weight excluding hydrogens is 355 g/mol. The van der Waals surface area contributed by atoms with E-state index < -0.39 is 0 Å². The minimum absolute atomic E-state index is 0.114. The number of piperazine rings is 1. The number of β-amino-alcohol motifs (C(OH)–C–C–N with tert-alkyl or cyclic N) is 1. The normalized spacial score (nSPS) is 27.6. The second kappa shape index (κ2) is 7.19. The number of benzene rings is 1. The van der Waals surface area contributed by atoms with Crippen LogP contribution >= 0.6 is 0 Å². The van der Waals surface area contributed by atoms with Crippen LogP contribution in [0.3, 0.4) is 0 Å². The zero-order chi connectivity index (χ0) is 19.1. The first-order chi connectivity index (χ1) is 13.6. The van der Waals surface area contributed by atoms with Crippen molar-refractivity contribution in [1.82, 2.24) is 19.7 Å². The molecule has 28 heavy (non-hydrogen) atoms. The lowest BCUT2D eigenvalue weighted by Crippen LogP contribution is -2.77. The fourth-order valence-corrected chi connectivity index (χ4v) is 5.41. The molecule has 3 saturated heterocycles. The summed E-state index contributed by atoms with van der Waals surface area (Å²) in [5.41, 5.74) is 2.51. The maximum Gasteiger partial charge on any atom is 0.123 e. The Balaban J connectivity index is 1.29. The minimum atomic E-state index is -0.216. The lowest BCUT2D eigenvalue weighted by molar-refractivity contribution is -0.118. The van der Waals surface area contributed by atoms with Crippen LogP contribution in [0, 0.1) is 5.82 Å². The summed E-state index contributed by atoms with van der Waals surface area (Å²) in [4.78, 5) is 11.8.